The van der Waals surface area contributed by atoms with E-state index in [2.05, 4.69) is 32.3 Å². The first kappa shape index (κ1) is 15.1. The number of hydrogen-bond donors (Lipinski definition) is 1. The molecule has 1 N–H and O–H groups in total. The third kappa shape index (κ3) is 3.10. The van der Waals surface area contributed by atoms with E-state index in [-0.39, 0.29) is 11.9 Å². The number of hydrogen-bond acceptors (Lipinski definition) is 5. The topological polar surface area (TPSA) is 58.1 Å². The van der Waals surface area contributed by atoms with Crippen LogP contribution in [-0.2, 0) is 11.2 Å². The second kappa shape index (κ2) is 6.57. The molecule has 4 rings (SSSR count). The third-order valence-corrected chi connectivity index (χ3v) is 5.15. The largest absolute Gasteiger partial charge is 0.351 e. The van der Waals surface area contributed by atoms with Gasteiger partial charge >= 0.3 is 0 Å². The average Bonchev–Trinajstić information content (AvgIpc) is 3.06. The zero-order valence-electron chi connectivity index (χ0n) is 13.2. The summed E-state index contributed by atoms with van der Waals surface area (Å²) in [5, 5.41) is 5.14. The van der Waals surface area contributed by atoms with Gasteiger partial charge in [0.15, 0.2) is 0 Å². The van der Waals surface area contributed by atoms with Crippen molar-refractivity contribution in [2.24, 2.45) is 0 Å². The lowest BCUT2D eigenvalue weighted by Crippen LogP contribution is -2.59. The Kier molecular flexibility index (Phi) is 4.13. The number of anilines is 1. The van der Waals surface area contributed by atoms with E-state index in [0.29, 0.717) is 6.42 Å². The first-order chi connectivity index (χ1) is 11.8. The van der Waals surface area contributed by atoms with Gasteiger partial charge in [-0.25, -0.2) is 9.97 Å². The van der Waals surface area contributed by atoms with Gasteiger partial charge in [-0.05, 0) is 23.4 Å². The number of thiophene rings is 1. The summed E-state index contributed by atoms with van der Waals surface area (Å²) >= 11 is 1.66. The number of fused-ring (bicyclic) bond motifs is 1. The number of aryl methyl sites for hydroxylation is 1. The van der Waals surface area contributed by atoms with Gasteiger partial charge in [0.1, 0.15) is 12.1 Å². The molecule has 6 heteroatoms. The molecule has 24 heavy (non-hydrogen) atoms. The quantitative estimate of drug-likeness (QED) is 0.777. The fourth-order valence-electron chi connectivity index (χ4n) is 2.95. The maximum absolute atomic E-state index is 12.1. The van der Waals surface area contributed by atoms with E-state index in [9.17, 15) is 4.79 Å². The van der Waals surface area contributed by atoms with Crippen molar-refractivity contribution in [2.45, 2.75) is 18.9 Å². The number of benzene rings is 1. The lowest BCUT2D eigenvalue weighted by atomic mass is 10.1. The third-order valence-electron chi connectivity index (χ3n) is 4.25. The van der Waals surface area contributed by atoms with E-state index in [1.165, 1.54) is 5.56 Å². The zero-order chi connectivity index (χ0) is 16.4. The number of carbonyl (C=O) groups is 1. The van der Waals surface area contributed by atoms with E-state index < -0.39 is 0 Å². The summed E-state index contributed by atoms with van der Waals surface area (Å²) in [6.07, 6.45) is 2.92. The van der Waals surface area contributed by atoms with Crippen LogP contribution in [0.5, 0.6) is 0 Å². The van der Waals surface area contributed by atoms with Crippen LogP contribution in [0.1, 0.15) is 12.0 Å². The number of nitrogens with one attached hydrogen (secondary N) is 1. The average molecular weight is 338 g/mol. The van der Waals surface area contributed by atoms with E-state index in [0.717, 1.165) is 35.5 Å². The Bertz CT molecular complexity index is 842. The molecule has 3 heterocycles. The lowest BCUT2D eigenvalue weighted by Gasteiger charge is -2.40. The van der Waals surface area contributed by atoms with Crippen LogP contribution in [0.15, 0.2) is 48.1 Å². The Labute approximate surface area is 144 Å². The minimum absolute atomic E-state index is 0.118. The molecule has 1 saturated heterocycles. The van der Waals surface area contributed by atoms with Crippen LogP contribution in [0.25, 0.3) is 10.2 Å². The lowest BCUT2D eigenvalue weighted by molar-refractivity contribution is -0.121. The molecule has 3 aromatic rings. The summed E-state index contributed by atoms with van der Waals surface area (Å²) < 4.78 is 1.12. The molecule has 0 radical (unpaired) electrons. The van der Waals surface area contributed by atoms with E-state index >= 15 is 0 Å². The normalized spacial score (nSPS) is 14.6. The van der Waals surface area contributed by atoms with Crippen LogP contribution in [0.2, 0.25) is 0 Å². The fourth-order valence-corrected chi connectivity index (χ4v) is 3.81. The Morgan fingerprint density at radius 3 is 2.88 bits per heavy atom. The molecular weight excluding hydrogens is 320 g/mol. The van der Waals surface area contributed by atoms with E-state index in [4.69, 9.17) is 0 Å². The molecule has 2 aromatic heterocycles. The van der Waals surface area contributed by atoms with Gasteiger partial charge < -0.3 is 10.2 Å². The highest BCUT2D eigenvalue weighted by Gasteiger charge is 2.30. The summed E-state index contributed by atoms with van der Waals surface area (Å²) in [5.74, 6) is 1.09. The highest BCUT2D eigenvalue weighted by atomic mass is 32.1. The summed E-state index contributed by atoms with van der Waals surface area (Å²) in [6, 6.07) is 12.3. The summed E-state index contributed by atoms with van der Waals surface area (Å²) in [6.45, 7) is 1.61. The standard InChI is InChI=1S/C18H18N4OS/c23-16(7-6-13-4-2-1-3-5-13)21-14-10-22(11-14)18-17-15(8-9-24-17)19-12-20-18/h1-5,8-9,12,14H,6-7,10-11H2,(H,21,23). The first-order valence-corrected chi connectivity index (χ1v) is 8.94. The summed E-state index contributed by atoms with van der Waals surface area (Å²) in [5.41, 5.74) is 2.18. The molecule has 122 valence electrons. The second-order valence-electron chi connectivity index (χ2n) is 5.99. The molecule has 1 fully saturated rings. The van der Waals surface area contributed by atoms with E-state index in [1.807, 2.05) is 29.6 Å². The number of nitrogens with zero attached hydrogens (tertiary/aromatic N) is 3. The molecule has 5 nitrogen and oxygen atoms in total. The molecule has 0 unspecified atom stereocenters. The van der Waals surface area contributed by atoms with Crippen molar-refractivity contribution in [3.8, 4) is 0 Å². The van der Waals surface area contributed by atoms with Gasteiger partial charge in [0.25, 0.3) is 0 Å². The van der Waals surface area contributed by atoms with Crippen LogP contribution in [0.3, 0.4) is 0 Å². The van der Waals surface area contributed by atoms with Gasteiger partial charge in [-0.3, -0.25) is 4.79 Å². The Balaban J connectivity index is 1.28. The highest BCUT2D eigenvalue weighted by molar-refractivity contribution is 7.17. The van der Waals surface area contributed by atoms with Crippen molar-refractivity contribution in [1.29, 1.82) is 0 Å². The van der Waals surface area contributed by atoms with Crippen molar-refractivity contribution in [2.75, 3.05) is 18.0 Å². The second-order valence-corrected chi connectivity index (χ2v) is 6.90. The molecule has 0 bridgehead atoms. The van der Waals surface area contributed by atoms with Crippen LogP contribution in [0.4, 0.5) is 5.82 Å². The van der Waals surface area contributed by atoms with Crippen LogP contribution in [0, 0.1) is 0 Å². The van der Waals surface area contributed by atoms with Gasteiger partial charge in [0.05, 0.1) is 16.3 Å². The molecular formula is C18H18N4OS. The van der Waals surface area contributed by atoms with Crippen molar-refractivity contribution in [3.05, 3.63) is 53.7 Å². The molecule has 1 aliphatic heterocycles. The number of carbonyl (C=O) groups excluding carboxylic acids is 1. The monoisotopic (exact) mass is 338 g/mol. The Morgan fingerprint density at radius 1 is 1.21 bits per heavy atom. The van der Waals surface area contributed by atoms with Gasteiger partial charge in [0.2, 0.25) is 5.91 Å². The first-order valence-electron chi connectivity index (χ1n) is 8.06. The minimum atomic E-state index is 0.118. The molecule has 1 aliphatic rings. The van der Waals surface area contributed by atoms with Crippen LogP contribution >= 0.6 is 11.3 Å². The van der Waals surface area contributed by atoms with Crippen molar-refractivity contribution >= 4 is 33.3 Å². The molecule has 1 aromatic carbocycles. The van der Waals surface area contributed by atoms with E-state index in [1.54, 1.807) is 17.7 Å². The van der Waals surface area contributed by atoms with Gasteiger partial charge in [0, 0.05) is 19.5 Å². The number of amides is 1. The van der Waals surface area contributed by atoms with Gasteiger partial charge in [-0.1, -0.05) is 30.3 Å². The SMILES string of the molecule is O=C(CCc1ccccc1)NC1CN(c2ncnc3ccsc23)C1. The molecule has 0 atom stereocenters. The van der Waals surface area contributed by atoms with Crippen LogP contribution in [-0.4, -0.2) is 35.0 Å². The minimum Gasteiger partial charge on any atom is -0.351 e. The summed E-state index contributed by atoms with van der Waals surface area (Å²) in [4.78, 5) is 22.9. The maximum Gasteiger partial charge on any atom is 0.220 e. The maximum atomic E-state index is 12.1. The molecule has 1 amide bonds. The van der Waals surface area contributed by atoms with Gasteiger partial charge in [-0.15, -0.1) is 11.3 Å². The predicted octanol–water partition coefficient (Wildman–Crippen LogP) is 2.63. The van der Waals surface area contributed by atoms with Crippen molar-refractivity contribution < 1.29 is 4.79 Å². The zero-order valence-corrected chi connectivity index (χ0v) is 14.0. The highest BCUT2D eigenvalue weighted by Crippen LogP contribution is 2.30. The molecule has 0 aliphatic carbocycles. The Hall–Kier alpha value is -2.47. The Morgan fingerprint density at radius 2 is 2.04 bits per heavy atom. The molecule has 0 saturated carbocycles. The fraction of sp³-hybridized carbons (Fsp3) is 0.278. The number of rotatable bonds is 5. The van der Waals surface area contributed by atoms with Crippen molar-refractivity contribution in [1.82, 2.24) is 15.3 Å². The predicted molar refractivity (Wildman–Crippen MR) is 96.3 cm³/mol. The van der Waals surface area contributed by atoms with Gasteiger partial charge in [-0.2, -0.15) is 0 Å². The van der Waals surface area contributed by atoms with Crippen LogP contribution < -0.4 is 10.2 Å². The smallest absolute Gasteiger partial charge is 0.220 e. The number of aromatic nitrogens is 2. The van der Waals surface area contributed by atoms with Crippen molar-refractivity contribution in [3.63, 3.8) is 0 Å². The molecule has 0 spiro atoms. The summed E-state index contributed by atoms with van der Waals surface area (Å²) in [7, 11) is 0.